The third kappa shape index (κ3) is 3.06. The van der Waals surface area contributed by atoms with Gasteiger partial charge in [0.15, 0.2) is 5.92 Å². The Kier molecular flexibility index (Phi) is 4.69. The van der Waals surface area contributed by atoms with Gasteiger partial charge in [-0.15, -0.1) is 0 Å². The first-order valence-corrected chi connectivity index (χ1v) is 5.32. The molecule has 0 aliphatic rings. The molecule has 4 heteroatoms. The Bertz CT molecular complexity index is 370. The maximum Gasteiger partial charge on any atom is 0.320 e. The zero-order chi connectivity index (χ0) is 12.8. The topological polar surface area (TPSA) is 52.6 Å². The van der Waals surface area contributed by atoms with Crippen LogP contribution in [0.1, 0.15) is 18.4 Å². The average Bonchev–Trinajstić information content (AvgIpc) is 2.39. The maximum atomic E-state index is 11.6. The van der Waals surface area contributed by atoms with Gasteiger partial charge in [0.25, 0.3) is 0 Å². The summed E-state index contributed by atoms with van der Waals surface area (Å²) in [7, 11) is 2.52. The van der Waals surface area contributed by atoms with Crippen LogP contribution in [0.4, 0.5) is 0 Å². The van der Waals surface area contributed by atoms with Crippen molar-refractivity contribution in [3.8, 4) is 0 Å². The number of esters is 2. The molecule has 17 heavy (non-hydrogen) atoms. The fourth-order valence-electron chi connectivity index (χ4n) is 1.71. The number of rotatable bonds is 4. The number of carbonyl (C=O) groups excluding carboxylic acids is 2. The van der Waals surface area contributed by atoms with Gasteiger partial charge in [0.05, 0.1) is 14.2 Å². The molecule has 1 aromatic rings. The summed E-state index contributed by atoms with van der Waals surface area (Å²) in [4.78, 5) is 23.2. The molecule has 0 heterocycles. The Balaban J connectivity index is 2.99. The molecule has 92 valence electrons. The molecule has 1 rings (SSSR count). The second kappa shape index (κ2) is 6.03. The van der Waals surface area contributed by atoms with Crippen LogP contribution in [0.5, 0.6) is 0 Å². The van der Waals surface area contributed by atoms with E-state index in [2.05, 4.69) is 9.47 Å². The highest BCUT2D eigenvalue weighted by Crippen LogP contribution is 2.26. The largest absolute Gasteiger partial charge is 0.468 e. The summed E-state index contributed by atoms with van der Waals surface area (Å²) in [6.07, 6.45) is 0. The van der Waals surface area contributed by atoms with Crippen molar-refractivity contribution in [3.63, 3.8) is 0 Å². The number of hydrogen-bond donors (Lipinski definition) is 0. The summed E-state index contributed by atoms with van der Waals surface area (Å²) in [5, 5.41) is 0. The van der Waals surface area contributed by atoms with Crippen LogP contribution in [0, 0.1) is 5.92 Å². The normalized spacial score (nSPS) is 12.0. The van der Waals surface area contributed by atoms with Crippen molar-refractivity contribution >= 4 is 11.9 Å². The average molecular weight is 236 g/mol. The molecule has 0 radical (unpaired) electrons. The van der Waals surface area contributed by atoms with Crippen LogP contribution in [0.25, 0.3) is 0 Å². The van der Waals surface area contributed by atoms with Gasteiger partial charge in [0.1, 0.15) is 0 Å². The van der Waals surface area contributed by atoms with Crippen molar-refractivity contribution in [2.75, 3.05) is 14.2 Å². The highest BCUT2D eigenvalue weighted by atomic mass is 16.5. The lowest BCUT2D eigenvalue weighted by molar-refractivity contribution is -0.159. The lowest BCUT2D eigenvalue weighted by atomic mass is 9.87. The zero-order valence-corrected chi connectivity index (χ0v) is 10.2. The predicted octanol–water partition coefficient (Wildman–Crippen LogP) is 1.75. The van der Waals surface area contributed by atoms with Gasteiger partial charge in [-0.3, -0.25) is 9.59 Å². The van der Waals surface area contributed by atoms with Gasteiger partial charge in [-0.25, -0.2) is 0 Å². The van der Waals surface area contributed by atoms with Crippen LogP contribution < -0.4 is 0 Å². The Hall–Kier alpha value is -1.84. The van der Waals surface area contributed by atoms with Gasteiger partial charge in [-0.1, -0.05) is 37.3 Å². The first-order chi connectivity index (χ1) is 8.11. The molecule has 0 aliphatic carbocycles. The molecule has 0 aliphatic heterocycles. The Morgan fingerprint density at radius 1 is 1.00 bits per heavy atom. The third-order valence-electron chi connectivity index (χ3n) is 2.74. The number of ether oxygens (including phenoxy) is 2. The Morgan fingerprint density at radius 3 is 1.88 bits per heavy atom. The fourth-order valence-corrected chi connectivity index (χ4v) is 1.71. The zero-order valence-electron chi connectivity index (χ0n) is 10.2. The number of hydrogen-bond acceptors (Lipinski definition) is 4. The van der Waals surface area contributed by atoms with Crippen molar-refractivity contribution in [3.05, 3.63) is 35.9 Å². The van der Waals surface area contributed by atoms with Crippen molar-refractivity contribution < 1.29 is 19.1 Å². The van der Waals surface area contributed by atoms with Crippen LogP contribution in [-0.2, 0) is 19.1 Å². The van der Waals surface area contributed by atoms with E-state index in [1.54, 1.807) is 6.92 Å². The van der Waals surface area contributed by atoms with Gasteiger partial charge >= 0.3 is 11.9 Å². The first kappa shape index (κ1) is 13.2. The standard InChI is InChI=1S/C13H16O4/c1-9(10-7-5-4-6-8-10)11(12(14)16-2)13(15)17-3/h4-9,11H,1-3H3/t9-/m1/s1. The SMILES string of the molecule is COC(=O)C(C(=O)OC)[C@H](C)c1ccccc1. The predicted molar refractivity (Wildman–Crippen MR) is 62.4 cm³/mol. The van der Waals surface area contributed by atoms with Crippen LogP contribution in [0.3, 0.4) is 0 Å². The summed E-state index contributed by atoms with van der Waals surface area (Å²) in [5.74, 6) is -2.36. The van der Waals surface area contributed by atoms with Gasteiger partial charge in [0.2, 0.25) is 0 Å². The van der Waals surface area contributed by atoms with E-state index in [0.717, 1.165) is 5.56 Å². The quantitative estimate of drug-likeness (QED) is 0.590. The number of carbonyl (C=O) groups is 2. The van der Waals surface area contributed by atoms with Crippen LogP contribution >= 0.6 is 0 Å². The van der Waals surface area contributed by atoms with E-state index in [1.807, 2.05) is 30.3 Å². The van der Waals surface area contributed by atoms with Crippen LogP contribution in [-0.4, -0.2) is 26.2 Å². The van der Waals surface area contributed by atoms with Gasteiger partial charge in [-0.05, 0) is 5.56 Å². The summed E-state index contributed by atoms with van der Waals surface area (Å²) >= 11 is 0. The molecule has 4 nitrogen and oxygen atoms in total. The molecule has 0 aromatic heterocycles. The van der Waals surface area contributed by atoms with E-state index < -0.39 is 17.9 Å². The van der Waals surface area contributed by atoms with E-state index in [1.165, 1.54) is 14.2 Å². The van der Waals surface area contributed by atoms with E-state index in [9.17, 15) is 9.59 Å². The molecule has 0 saturated heterocycles. The Morgan fingerprint density at radius 2 is 1.47 bits per heavy atom. The molecule has 1 atom stereocenters. The Labute approximate surface area is 101 Å². The van der Waals surface area contributed by atoms with Gasteiger partial charge in [0, 0.05) is 5.92 Å². The third-order valence-corrected chi connectivity index (χ3v) is 2.74. The maximum absolute atomic E-state index is 11.6. The molecule has 0 saturated carbocycles. The highest BCUT2D eigenvalue weighted by molar-refractivity contribution is 5.95. The van der Waals surface area contributed by atoms with Crippen molar-refractivity contribution in [2.45, 2.75) is 12.8 Å². The van der Waals surface area contributed by atoms with E-state index >= 15 is 0 Å². The van der Waals surface area contributed by atoms with Gasteiger partial charge in [-0.2, -0.15) is 0 Å². The minimum atomic E-state index is -0.924. The first-order valence-electron chi connectivity index (χ1n) is 5.32. The molecule has 0 fully saturated rings. The lowest BCUT2D eigenvalue weighted by Crippen LogP contribution is -2.31. The summed E-state index contributed by atoms with van der Waals surface area (Å²) in [6, 6.07) is 9.32. The minimum absolute atomic E-state index is 0.281. The molecular weight excluding hydrogens is 220 g/mol. The van der Waals surface area contributed by atoms with E-state index in [4.69, 9.17) is 0 Å². The molecule has 1 aromatic carbocycles. The summed E-state index contributed by atoms with van der Waals surface area (Å²) < 4.78 is 9.28. The lowest BCUT2D eigenvalue weighted by Gasteiger charge is -2.19. The fraction of sp³-hybridized carbons (Fsp3) is 0.385. The van der Waals surface area contributed by atoms with E-state index in [-0.39, 0.29) is 5.92 Å². The van der Waals surface area contributed by atoms with Gasteiger partial charge < -0.3 is 9.47 Å². The minimum Gasteiger partial charge on any atom is -0.468 e. The van der Waals surface area contributed by atoms with E-state index in [0.29, 0.717) is 0 Å². The van der Waals surface area contributed by atoms with Crippen LogP contribution in [0.2, 0.25) is 0 Å². The summed E-state index contributed by atoms with van der Waals surface area (Å²) in [5.41, 5.74) is 0.897. The molecular formula is C13H16O4. The summed E-state index contributed by atoms with van der Waals surface area (Å²) in [6.45, 7) is 1.80. The second-order valence-corrected chi connectivity index (χ2v) is 3.72. The smallest absolute Gasteiger partial charge is 0.320 e. The molecule has 0 spiro atoms. The van der Waals surface area contributed by atoms with Crippen LogP contribution in [0.15, 0.2) is 30.3 Å². The molecule has 0 N–H and O–H groups in total. The van der Waals surface area contributed by atoms with Crippen molar-refractivity contribution in [1.82, 2.24) is 0 Å². The van der Waals surface area contributed by atoms with Crippen molar-refractivity contribution in [1.29, 1.82) is 0 Å². The molecule has 0 bridgehead atoms. The number of benzene rings is 1. The molecule has 0 unspecified atom stereocenters. The highest BCUT2D eigenvalue weighted by Gasteiger charge is 2.34. The monoisotopic (exact) mass is 236 g/mol. The second-order valence-electron chi connectivity index (χ2n) is 3.72. The molecule has 0 amide bonds. The number of methoxy groups -OCH3 is 2. The van der Waals surface area contributed by atoms with Crippen molar-refractivity contribution in [2.24, 2.45) is 5.92 Å².